The smallest absolute Gasteiger partial charge is 0.250 e. The first-order chi connectivity index (χ1) is 17.2. The van der Waals surface area contributed by atoms with Crippen molar-refractivity contribution in [2.24, 2.45) is 5.10 Å². The lowest BCUT2D eigenvalue weighted by molar-refractivity contribution is -0.118. The van der Waals surface area contributed by atoms with Crippen LogP contribution in [0.3, 0.4) is 0 Å². The summed E-state index contributed by atoms with van der Waals surface area (Å²) in [5.74, 6) is 0.692. The van der Waals surface area contributed by atoms with E-state index in [2.05, 4.69) is 84.8 Å². The van der Waals surface area contributed by atoms with Crippen LogP contribution in [0.5, 0.6) is 0 Å². The van der Waals surface area contributed by atoms with Gasteiger partial charge in [-0.1, -0.05) is 98.8 Å². The number of aryl methyl sites for hydroxylation is 2. The van der Waals surface area contributed by atoms with Gasteiger partial charge < -0.3 is 0 Å². The number of nitrogens with one attached hydrogen (secondary N) is 1. The lowest BCUT2D eigenvalue weighted by Crippen LogP contribution is -2.20. The zero-order chi connectivity index (χ0) is 25.7. The fraction of sp³-hybridized carbons (Fsp3) is 0.241. The Kier molecular flexibility index (Phi) is 7.70. The Labute approximate surface area is 216 Å². The zero-order valence-corrected chi connectivity index (χ0v) is 22.1. The van der Waals surface area contributed by atoms with Gasteiger partial charge in [-0.3, -0.25) is 9.36 Å². The minimum atomic E-state index is -0.209. The molecule has 1 amide bonds. The van der Waals surface area contributed by atoms with Crippen LogP contribution >= 0.6 is 11.8 Å². The third-order valence-electron chi connectivity index (χ3n) is 5.85. The average molecular weight is 498 g/mol. The molecule has 0 aliphatic heterocycles. The van der Waals surface area contributed by atoms with Gasteiger partial charge in [-0.2, -0.15) is 5.10 Å². The summed E-state index contributed by atoms with van der Waals surface area (Å²) in [4.78, 5) is 12.5. The number of benzene rings is 3. The van der Waals surface area contributed by atoms with Crippen molar-refractivity contribution >= 4 is 23.9 Å². The van der Waals surface area contributed by atoms with Gasteiger partial charge in [0.1, 0.15) is 0 Å². The van der Waals surface area contributed by atoms with Gasteiger partial charge in [0.05, 0.1) is 12.0 Å². The van der Waals surface area contributed by atoms with Crippen LogP contribution in [-0.4, -0.2) is 32.6 Å². The number of nitrogens with zero attached hydrogens (tertiary/aromatic N) is 4. The molecular weight excluding hydrogens is 466 g/mol. The molecule has 0 bridgehead atoms. The summed E-state index contributed by atoms with van der Waals surface area (Å²) >= 11 is 1.33. The van der Waals surface area contributed by atoms with E-state index < -0.39 is 0 Å². The topological polar surface area (TPSA) is 72.2 Å². The van der Waals surface area contributed by atoms with Crippen molar-refractivity contribution in [3.05, 3.63) is 95.1 Å². The molecular formula is C29H31N5OS. The Balaban J connectivity index is 1.55. The van der Waals surface area contributed by atoms with Gasteiger partial charge in [0.2, 0.25) is 0 Å². The normalized spacial score (nSPS) is 11.7. The number of amides is 1. The van der Waals surface area contributed by atoms with Crippen LogP contribution in [-0.2, 0) is 10.2 Å². The molecule has 0 fully saturated rings. The average Bonchev–Trinajstić information content (AvgIpc) is 3.28. The van der Waals surface area contributed by atoms with Crippen LogP contribution in [0.25, 0.3) is 17.1 Å². The Hall–Kier alpha value is -3.71. The third-order valence-corrected chi connectivity index (χ3v) is 6.78. The second-order valence-electron chi connectivity index (χ2n) is 9.74. The van der Waals surface area contributed by atoms with E-state index in [1.54, 1.807) is 6.21 Å². The molecule has 3 aromatic carbocycles. The standard InChI is InChI=1S/C29H31N5OS/c1-20-10-16-25(17-11-20)34-27(22-12-14-24(15-13-22)29(3,4)5)32-33-28(34)36-19-26(35)31-30-18-23-9-7-6-8-21(23)2/h6-18H,19H2,1-5H3,(H,31,35)/b30-18-. The molecule has 36 heavy (non-hydrogen) atoms. The maximum Gasteiger partial charge on any atom is 0.250 e. The highest BCUT2D eigenvalue weighted by Crippen LogP contribution is 2.30. The highest BCUT2D eigenvalue weighted by atomic mass is 32.2. The minimum Gasteiger partial charge on any atom is -0.272 e. The molecule has 4 aromatic rings. The van der Waals surface area contributed by atoms with Crippen molar-refractivity contribution < 1.29 is 4.79 Å². The minimum absolute atomic E-state index is 0.0687. The number of hydrazone groups is 1. The van der Waals surface area contributed by atoms with Crippen LogP contribution in [0.4, 0.5) is 0 Å². The van der Waals surface area contributed by atoms with E-state index in [0.717, 1.165) is 28.2 Å². The maximum atomic E-state index is 12.5. The summed E-state index contributed by atoms with van der Waals surface area (Å²) in [5, 5.41) is 13.7. The van der Waals surface area contributed by atoms with Gasteiger partial charge in [0, 0.05) is 11.3 Å². The SMILES string of the molecule is Cc1ccc(-n2c(SCC(=O)N/N=C\c3ccccc3C)nnc2-c2ccc(C(C)(C)C)cc2)cc1. The van der Waals surface area contributed by atoms with Gasteiger partial charge in [-0.25, -0.2) is 5.43 Å². The first-order valence-electron chi connectivity index (χ1n) is 11.9. The van der Waals surface area contributed by atoms with Gasteiger partial charge >= 0.3 is 0 Å². The van der Waals surface area contributed by atoms with E-state index >= 15 is 0 Å². The number of carbonyl (C=O) groups excluding carboxylic acids is 1. The van der Waals surface area contributed by atoms with E-state index in [1.807, 2.05) is 47.9 Å². The number of rotatable bonds is 7. The molecule has 0 saturated heterocycles. The van der Waals surface area contributed by atoms with E-state index in [0.29, 0.717) is 5.16 Å². The van der Waals surface area contributed by atoms with Crippen molar-refractivity contribution in [1.82, 2.24) is 20.2 Å². The Morgan fingerprint density at radius 1 is 0.972 bits per heavy atom. The summed E-state index contributed by atoms with van der Waals surface area (Å²) in [6.45, 7) is 10.6. The van der Waals surface area contributed by atoms with Crippen molar-refractivity contribution in [2.75, 3.05) is 5.75 Å². The summed E-state index contributed by atoms with van der Waals surface area (Å²) in [6.07, 6.45) is 1.66. The molecule has 0 saturated carbocycles. The monoisotopic (exact) mass is 497 g/mol. The third kappa shape index (κ3) is 6.10. The number of aromatic nitrogens is 3. The second-order valence-corrected chi connectivity index (χ2v) is 10.7. The fourth-order valence-electron chi connectivity index (χ4n) is 3.66. The molecule has 7 heteroatoms. The summed E-state index contributed by atoms with van der Waals surface area (Å²) < 4.78 is 2.00. The molecule has 1 N–H and O–H groups in total. The van der Waals surface area contributed by atoms with Crippen molar-refractivity contribution in [1.29, 1.82) is 0 Å². The maximum absolute atomic E-state index is 12.5. The predicted molar refractivity (Wildman–Crippen MR) is 148 cm³/mol. The fourth-order valence-corrected chi connectivity index (χ4v) is 4.41. The van der Waals surface area contributed by atoms with Gasteiger partial charge in [-0.05, 0) is 48.1 Å². The van der Waals surface area contributed by atoms with Crippen LogP contribution in [0.2, 0.25) is 0 Å². The van der Waals surface area contributed by atoms with Crippen LogP contribution < -0.4 is 5.43 Å². The van der Waals surface area contributed by atoms with E-state index in [-0.39, 0.29) is 17.1 Å². The molecule has 1 heterocycles. The molecule has 0 aliphatic carbocycles. The largest absolute Gasteiger partial charge is 0.272 e. The predicted octanol–water partition coefficient (Wildman–Crippen LogP) is 6.09. The van der Waals surface area contributed by atoms with Gasteiger partial charge in [-0.15, -0.1) is 10.2 Å². The number of carbonyl (C=O) groups is 1. The molecule has 0 radical (unpaired) electrons. The van der Waals surface area contributed by atoms with Crippen molar-refractivity contribution in [2.45, 2.75) is 45.2 Å². The lowest BCUT2D eigenvalue weighted by atomic mass is 9.87. The van der Waals surface area contributed by atoms with E-state index in [9.17, 15) is 4.79 Å². The van der Waals surface area contributed by atoms with Gasteiger partial charge in [0.25, 0.3) is 5.91 Å². The highest BCUT2D eigenvalue weighted by Gasteiger charge is 2.19. The Morgan fingerprint density at radius 2 is 1.67 bits per heavy atom. The molecule has 6 nitrogen and oxygen atoms in total. The van der Waals surface area contributed by atoms with Crippen LogP contribution in [0, 0.1) is 13.8 Å². The summed E-state index contributed by atoms with van der Waals surface area (Å²) in [5.41, 5.74) is 9.07. The summed E-state index contributed by atoms with van der Waals surface area (Å²) in [6, 6.07) is 24.5. The van der Waals surface area contributed by atoms with Crippen LogP contribution in [0.15, 0.2) is 83.1 Å². The van der Waals surface area contributed by atoms with E-state index in [1.165, 1.54) is 22.9 Å². The second kappa shape index (κ2) is 10.9. The zero-order valence-electron chi connectivity index (χ0n) is 21.3. The molecule has 0 atom stereocenters. The number of thioether (sulfide) groups is 1. The number of hydrogen-bond acceptors (Lipinski definition) is 5. The molecule has 1 aromatic heterocycles. The molecule has 0 unspecified atom stereocenters. The Morgan fingerprint density at radius 3 is 2.33 bits per heavy atom. The summed E-state index contributed by atoms with van der Waals surface area (Å²) in [7, 11) is 0. The quantitative estimate of drug-likeness (QED) is 0.190. The highest BCUT2D eigenvalue weighted by molar-refractivity contribution is 7.99. The molecule has 0 aliphatic rings. The Bertz CT molecular complexity index is 1370. The van der Waals surface area contributed by atoms with E-state index in [4.69, 9.17) is 0 Å². The first-order valence-corrected chi connectivity index (χ1v) is 12.8. The van der Waals surface area contributed by atoms with Crippen molar-refractivity contribution in [3.63, 3.8) is 0 Å². The van der Waals surface area contributed by atoms with Crippen molar-refractivity contribution in [3.8, 4) is 17.1 Å². The first kappa shape index (κ1) is 25.4. The van der Waals surface area contributed by atoms with Crippen LogP contribution in [0.1, 0.15) is 43.0 Å². The molecule has 0 spiro atoms. The van der Waals surface area contributed by atoms with Gasteiger partial charge in [0.15, 0.2) is 11.0 Å². The number of hydrogen-bond donors (Lipinski definition) is 1. The molecule has 184 valence electrons. The molecule has 4 rings (SSSR count). The lowest BCUT2D eigenvalue weighted by Gasteiger charge is -2.19.